The van der Waals surface area contributed by atoms with Crippen LogP contribution in [0.25, 0.3) is 5.69 Å². The SMILES string of the molecule is Cc1c(C(=O)N/N=C/c2ccc(Br)cc2)nn(-c2cccc(C(F)(F)F)c2)c(=O)c1C#N. The molecular weight excluding hydrogens is 491 g/mol. The highest BCUT2D eigenvalue weighted by atomic mass is 79.9. The lowest BCUT2D eigenvalue weighted by molar-refractivity contribution is -0.137. The van der Waals surface area contributed by atoms with Crippen molar-refractivity contribution in [1.29, 1.82) is 5.26 Å². The zero-order valence-electron chi connectivity index (χ0n) is 16.3. The molecule has 0 aliphatic rings. The Hall–Kier alpha value is -3.78. The van der Waals surface area contributed by atoms with E-state index in [2.05, 4.69) is 31.6 Å². The number of benzene rings is 2. The van der Waals surface area contributed by atoms with Crippen LogP contribution in [0.15, 0.2) is 62.9 Å². The van der Waals surface area contributed by atoms with Gasteiger partial charge in [-0.25, -0.2) is 5.43 Å². The molecule has 0 radical (unpaired) electrons. The largest absolute Gasteiger partial charge is 0.416 e. The van der Waals surface area contributed by atoms with Crippen molar-refractivity contribution in [3.8, 4) is 11.8 Å². The third kappa shape index (κ3) is 4.92. The Morgan fingerprint density at radius 2 is 1.94 bits per heavy atom. The molecule has 0 unspecified atom stereocenters. The van der Waals surface area contributed by atoms with Crippen LogP contribution < -0.4 is 11.0 Å². The van der Waals surface area contributed by atoms with Gasteiger partial charge in [0.2, 0.25) is 0 Å². The lowest BCUT2D eigenvalue weighted by Gasteiger charge is -2.12. The molecule has 1 amide bonds. The number of nitrogens with one attached hydrogen (secondary N) is 1. The fraction of sp³-hybridized carbons (Fsp3) is 0.0952. The second-order valence-electron chi connectivity index (χ2n) is 6.48. The third-order valence-corrected chi connectivity index (χ3v) is 4.86. The van der Waals surface area contributed by atoms with E-state index in [1.807, 2.05) is 0 Å². The van der Waals surface area contributed by atoms with E-state index in [1.54, 1.807) is 30.3 Å². The molecule has 0 bridgehead atoms. The van der Waals surface area contributed by atoms with Crippen LogP contribution >= 0.6 is 15.9 Å². The van der Waals surface area contributed by atoms with E-state index in [4.69, 9.17) is 0 Å². The number of carbonyl (C=O) groups excluding carboxylic acids is 1. The molecule has 7 nitrogen and oxygen atoms in total. The molecule has 11 heteroatoms. The standard InChI is InChI=1S/C21H13BrF3N5O2/c1-12-17(10-26)20(32)30(16-4-2-3-14(9-16)21(23,24)25)29-18(12)19(31)28-27-11-13-5-7-15(22)8-6-13/h2-9,11H,1H3,(H,28,31)/b27-11+. The topological polar surface area (TPSA) is 100 Å². The molecule has 1 heterocycles. The van der Waals surface area contributed by atoms with Gasteiger partial charge in [0.05, 0.1) is 17.5 Å². The number of rotatable bonds is 4. The first-order chi connectivity index (χ1) is 15.1. The molecule has 162 valence electrons. The minimum absolute atomic E-state index is 0.0166. The molecule has 0 aliphatic carbocycles. The maximum atomic E-state index is 13.1. The van der Waals surface area contributed by atoms with Gasteiger partial charge in [0.25, 0.3) is 11.5 Å². The number of amides is 1. The van der Waals surface area contributed by atoms with Crippen LogP contribution in [0, 0.1) is 18.3 Å². The Morgan fingerprint density at radius 1 is 1.25 bits per heavy atom. The Morgan fingerprint density at radius 3 is 2.56 bits per heavy atom. The molecule has 1 aromatic heterocycles. The number of alkyl halides is 3. The summed E-state index contributed by atoms with van der Waals surface area (Å²) >= 11 is 3.30. The van der Waals surface area contributed by atoms with Crippen molar-refractivity contribution >= 4 is 28.1 Å². The average Bonchev–Trinajstić information content (AvgIpc) is 2.75. The molecule has 0 saturated carbocycles. The lowest BCUT2D eigenvalue weighted by atomic mass is 10.1. The number of carbonyl (C=O) groups is 1. The Kier molecular flexibility index (Phi) is 6.55. The average molecular weight is 504 g/mol. The fourth-order valence-electron chi connectivity index (χ4n) is 2.71. The number of hydrazone groups is 1. The number of nitrogens with zero attached hydrogens (tertiary/aromatic N) is 4. The van der Waals surface area contributed by atoms with Gasteiger partial charge >= 0.3 is 6.18 Å². The van der Waals surface area contributed by atoms with E-state index in [0.717, 1.165) is 16.6 Å². The smallest absolute Gasteiger partial charge is 0.266 e. The van der Waals surface area contributed by atoms with Crippen LogP contribution in [0.5, 0.6) is 0 Å². The van der Waals surface area contributed by atoms with Crippen LogP contribution in [0.4, 0.5) is 13.2 Å². The van der Waals surface area contributed by atoms with Gasteiger partial charge in [0, 0.05) is 10.0 Å². The lowest BCUT2D eigenvalue weighted by Crippen LogP contribution is -2.31. The van der Waals surface area contributed by atoms with E-state index < -0.39 is 28.8 Å². The van der Waals surface area contributed by atoms with Gasteiger partial charge in [-0.15, -0.1) is 0 Å². The quantitative estimate of drug-likeness (QED) is 0.430. The number of aromatic nitrogens is 2. The van der Waals surface area contributed by atoms with Crippen LogP contribution in [0.3, 0.4) is 0 Å². The third-order valence-electron chi connectivity index (χ3n) is 4.33. The maximum Gasteiger partial charge on any atom is 0.416 e. The minimum atomic E-state index is -4.65. The molecule has 32 heavy (non-hydrogen) atoms. The van der Waals surface area contributed by atoms with Crippen LogP contribution in [0.2, 0.25) is 0 Å². The molecule has 0 atom stereocenters. The number of nitriles is 1. The molecule has 0 spiro atoms. The van der Waals surface area contributed by atoms with E-state index in [1.165, 1.54) is 19.2 Å². The van der Waals surface area contributed by atoms with Gasteiger partial charge < -0.3 is 0 Å². The van der Waals surface area contributed by atoms with Gasteiger partial charge in [-0.2, -0.15) is 33.3 Å². The molecule has 1 N–H and O–H groups in total. The highest BCUT2D eigenvalue weighted by Crippen LogP contribution is 2.30. The van der Waals surface area contributed by atoms with Crippen LogP contribution in [-0.4, -0.2) is 21.9 Å². The summed E-state index contributed by atoms with van der Waals surface area (Å²) in [6.45, 7) is 1.34. The first kappa shape index (κ1) is 22.9. The van der Waals surface area contributed by atoms with Crippen molar-refractivity contribution in [1.82, 2.24) is 15.2 Å². The molecule has 2 aromatic carbocycles. The summed E-state index contributed by atoms with van der Waals surface area (Å²) in [7, 11) is 0. The predicted octanol–water partition coefficient (Wildman–Crippen LogP) is 3.96. The van der Waals surface area contributed by atoms with Gasteiger partial charge in [-0.05, 0) is 42.8 Å². The van der Waals surface area contributed by atoms with E-state index in [-0.39, 0.29) is 16.9 Å². The molecular formula is C21H13BrF3N5O2. The first-order valence-electron chi connectivity index (χ1n) is 8.92. The maximum absolute atomic E-state index is 13.1. The highest BCUT2D eigenvalue weighted by molar-refractivity contribution is 9.10. The van der Waals surface area contributed by atoms with Crippen molar-refractivity contribution in [3.63, 3.8) is 0 Å². The highest BCUT2D eigenvalue weighted by Gasteiger charge is 2.31. The van der Waals surface area contributed by atoms with Crippen molar-refractivity contribution in [2.24, 2.45) is 5.10 Å². The van der Waals surface area contributed by atoms with Crippen LogP contribution in [-0.2, 0) is 6.18 Å². The van der Waals surface area contributed by atoms with Gasteiger partial charge in [-0.3, -0.25) is 9.59 Å². The summed E-state index contributed by atoms with van der Waals surface area (Å²) in [6.07, 6.45) is -3.28. The van der Waals surface area contributed by atoms with Gasteiger partial charge in [0.1, 0.15) is 11.6 Å². The molecule has 0 aliphatic heterocycles. The summed E-state index contributed by atoms with van der Waals surface area (Å²) in [6, 6.07) is 12.6. The minimum Gasteiger partial charge on any atom is -0.266 e. The molecule has 0 fully saturated rings. The number of hydrogen-bond donors (Lipinski definition) is 1. The predicted molar refractivity (Wildman–Crippen MR) is 113 cm³/mol. The van der Waals surface area contributed by atoms with Crippen molar-refractivity contribution < 1.29 is 18.0 Å². The van der Waals surface area contributed by atoms with E-state index >= 15 is 0 Å². The first-order valence-corrected chi connectivity index (χ1v) is 9.71. The van der Waals surface area contributed by atoms with Gasteiger partial charge in [0.15, 0.2) is 5.69 Å². The molecule has 3 rings (SSSR count). The van der Waals surface area contributed by atoms with E-state index in [0.29, 0.717) is 16.3 Å². The summed E-state index contributed by atoms with van der Waals surface area (Å²) in [5.41, 5.74) is -0.0302. The normalized spacial score (nSPS) is 11.4. The second kappa shape index (κ2) is 9.15. The zero-order chi connectivity index (χ0) is 23.5. The summed E-state index contributed by atoms with van der Waals surface area (Å²) < 4.78 is 40.6. The van der Waals surface area contributed by atoms with Crippen LogP contribution in [0.1, 0.15) is 32.7 Å². The summed E-state index contributed by atoms with van der Waals surface area (Å²) in [4.78, 5) is 25.2. The monoisotopic (exact) mass is 503 g/mol. The summed E-state index contributed by atoms with van der Waals surface area (Å²) in [5.74, 6) is -0.840. The Bertz CT molecular complexity index is 1310. The zero-order valence-corrected chi connectivity index (χ0v) is 17.9. The molecule has 3 aromatic rings. The van der Waals surface area contributed by atoms with Crippen molar-refractivity contribution in [3.05, 3.63) is 91.3 Å². The number of hydrogen-bond acceptors (Lipinski definition) is 5. The van der Waals surface area contributed by atoms with E-state index in [9.17, 15) is 28.0 Å². The Labute approximate surface area is 187 Å². The van der Waals surface area contributed by atoms with Gasteiger partial charge in [-0.1, -0.05) is 34.1 Å². The van der Waals surface area contributed by atoms with Crippen molar-refractivity contribution in [2.45, 2.75) is 13.1 Å². The fourth-order valence-corrected chi connectivity index (χ4v) is 2.97. The summed E-state index contributed by atoms with van der Waals surface area (Å²) in [5, 5.41) is 17.1. The number of halogens is 4. The molecule has 0 saturated heterocycles. The van der Waals surface area contributed by atoms with Crippen molar-refractivity contribution in [2.75, 3.05) is 0 Å². The Balaban J connectivity index is 2.00. The second-order valence-corrected chi connectivity index (χ2v) is 7.39.